The summed E-state index contributed by atoms with van der Waals surface area (Å²) in [5.41, 5.74) is -1.50. The van der Waals surface area contributed by atoms with Gasteiger partial charge in [-0.15, -0.1) is 5.10 Å². The second-order valence-electron chi connectivity index (χ2n) is 5.85. The standard InChI is InChI=1S/C16H11F4N4/c17-15-11(2-1-7-21-15)10-5-6-12-14(13(10)16(18,19)20)22-23-24(12)8-9-3-4-9/h1-2,5-6,9H,3-4,8H2. The number of benzene rings is 1. The van der Waals surface area contributed by atoms with Gasteiger partial charge in [0.15, 0.2) is 0 Å². The summed E-state index contributed by atoms with van der Waals surface area (Å²) in [6.07, 6.45) is -0.343. The van der Waals surface area contributed by atoms with Crippen LogP contribution in [0.25, 0.3) is 22.2 Å². The maximum absolute atomic E-state index is 13.9. The molecule has 4 nitrogen and oxygen atoms in total. The van der Waals surface area contributed by atoms with E-state index in [1.807, 2.05) is 0 Å². The van der Waals surface area contributed by atoms with Crippen LogP contribution < -0.4 is 0 Å². The lowest BCUT2D eigenvalue weighted by atomic mass is 9.99. The number of pyridine rings is 1. The molecule has 4 rings (SSSR count). The number of hydrogen-bond donors (Lipinski definition) is 0. The van der Waals surface area contributed by atoms with E-state index < -0.39 is 17.7 Å². The summed E-state index contributed by atoms with van der Waals surface area (Å²) in [6, 6.07) is 5.23. The molecule has 0 bridgehead atoms. The molecule has 0 spiro atoms. The Bertz CT molecular complexity index is 912. The number of aromatic nitrogens is 4. The van der Waals surface area contributed by atoms with Crippen molar-refractivity contribution in [1.82, 2.24) is 20.0 Å². The summed E-state index contributed by atoms with van der Waals surface area (Å²) in [5.74, 6) is -0.567. The highest BCUT2D eigenvalue weighted by molar-refractivity contribution is 5.87. The van der Waals surface area contributed by atoms with Crippen LogP contribution in [-0.4, -0.2) is 20.0 Å². The zero-order valence-electron chi connectivity index (χ0n) is 12.3. The van der Waals surface area contributed by atoms with Crippen molar-refractivity contribution >= 4 is 11.0 Å². The van der Waals surface area contributed by atoms with E-state index in [4.69, 9.17) is 0 Å². The second kappa shape index (κ2) is 5.25. The van der Waals surface area contributed by atoms with Gasteiger partial charge in [-0.05, 0) is 37.0 Å². The lowest BCUT2D eigenvalue weighted by molar-refractivity contribution is -0.135. The van der Waals surface area contributed by atoms with Crippen LogP contribution in [0, 0.1) is 18.1 Å². The van der Waals surface area contributed by atoms with E-state index in [1.165, 1.54) is 28.9 Å². The Balaban J connectivity index is 1.96. The Kier molecular flexibility index (Phi) is 3.29. The fraction of sp³-hybridized carbons (Fsp3) is 0.312. The third-order valence-electron chi connectivity index (χ3n) is 4.10. The van der Waals surface area contributed by atoms with Crippen molar-refractivity contribution in [3.63, 3.8) is 0 Å². The number of alkyl halides is 3. The zero-order chi connectivity index (χ0) is 16.9. The van der Waals surface area contributed by atoms with Gasteiger partial charge in [0.1, 0.15) is 5.52 Å². The highest BCUT2D eigenvalue weighted by Crippen LogP contribution is 2.41. The molecule has 123 valence electrons. The molecule has 0 saturated heterocycles. The monoisotopic (exact) mass is 335 g/mol. The number of rotatable bonds is 3. The van der Waals surface area contributed by atoms with E-state index in [0.29, 0.717) is 18.0 Å². The summed E-state index contributed by atoms with van der Waals surface area (Å²) in [5, 5.41) is 7.58. The Labute approximate surface area is 134 Å². The first-order chi connectivity index (χ1) is 11.4. The summed E-state index contributed by atoms with van der Waals surface area (Å²) in [4.78, 5) is 3.31. The number of hydrogen-bond acceptors (Lipinski definition) is 3. The molecule has 1 fully saturated rings. The predicted octanol–water partition coefficient (Wildman–Crippen LogP) is 3.86. The molecule has 2 aromatic heterocycles. The average Bonchev–Trinajstić information content (AvgIpc) is 3.25. The first kappa shape index (κ1) is 15.0. The Morgan fingerprint density at radius 1 is 1.17 bits per heavy atom. The average molecular weight is 335 g/mol. The lowest BCUT2D eigenvalue weighted by Crippen LogP contribution is -2.09. The maximum Gasteiger partial charge on any atom is 0.419 e. The summed E-state index contributed by atoms with van der Waals surface area (Å²) < 4.78 is 56.3. The van der Waals surface area contributed by atoms with Crippen LogP contribution in [-0.2, 0) is 12.7 Å². The highest BCUT2D eigenvalue weighted by Gasteiger charge is 2.38. The van der Waals surface area contributed by atoms with E-state index in [1.54, 1.807) is 0 Å². The molecule has 3 aromatic rings. The number of nitrogens with zero attached hydrogens (tertiary/aromatic N) is 4. The lowest BCUT2D eigenvalue weighted by Gasteiger charge is -2.14. The van der Waals surface area contributed by atoms with Gasteiger partial charge < -0.3 is 0 Å². The van der Waals surface area contributed by atoms with Crippen LogP contribution in [0.4, 0.5) is 17.6 Å². The summed E-state index contributed by atoms with van der Waals surface area (Å²) >= 11 is 0. The van der Waals surface area contributed by atoms with Gasteiger partial charge in [-0.2, -0.15) is 17.6 Å². The molecule has 1 aliphatic rings. The number of halogens is 4. The van der Waals surface area contributed by atoms with Crippen molar-refractivity contribution in [1.29, 1.82) is 0 Å². The Morgan fingerprint density at radius 3 is 2.62 bits per heavy atom. The molecule has 24 heavy (non-hydrogen) atoms. The van der Waals surface area contributed by atoms with Crippen molar-refractivity contribution in [3.8, 4) is 11.1 Å². The minimum atomic E-state index is -4.69. The van der Waals surface area contributed by atoms with E-state index in [-0.39, 0.29) is 16.6 Å². The zero-order valence-corrected chi connectivity index (χ0v) is 12.3. The van der Waals surface area contributed by atoms with E-state index in [2.05, 4.69) is 21.5 Å². The first-order valence-electron chi connectivity index (χ1n) is 7.41. The maximum atomic E-state index is 13.9. The van der Waals surface area contributed by atoms with Gasteiger partial charge in [0.2, 0.25) is 5.95 Å². The third kappa shape index (κ3) is 2.51. The quantitative estimate of drug-likeness (QED) is 0.539. The molecule has 1 saturated carbocycles. The van der Waals surface area contributed by atoms with Gasteiger partial charge in [-0.25, -0.2) is 9.67 Å². The van der Waals surface area contributed by atoms with Crippen LogP contribution in [0.1, 0.15) is 18.4 Å². The minimum absolute atomic E-state index is 0.236. The first-order valence-corrected chi connectivity index (χ1v) is 7.41. The van der Waals surface area contributed by atoms with E-state index in [9.17, 15) is 17.6 Å². The van der Waals surface area contributed by atoms with Gasteiger partial charge in [0, 0.05) is 17.7 Å². The van der Waals surface area contributed by atoms with Crippen LogP contribution in [0.2, 0.25) is 0 Å². The van der Waals surface area contributed by atoms with Crippen molar-refractivity contribution in [2.75, 3.05) is 0 Å². The van der Waals surface area contributed by atoms with Crippen LogP contribution in [0.15, 0.2) is 24.3 Å². The normalized spacial score (nSPS) is 15.2. The smallest absolute Gasteiger partial charge is 0.244 e. The molecule has 2 heterocycles. The number of fused-ring (bicyclic) bond motifs is 1. The Morgan fingerprint density at radius 2 is 1.96 bits per heavy atom. The molecular weight excluding hydrogens is 324 g/mol. The van der Waals surface area contributed by atoms with Gasteiger partial charge in [-0.3, -0.25) is 0 Å². The van der Waals surface area contributed by atoms with Gasteiger partial charge in [-0.1, -0.05) is 11.3 Å². The molecule has 1 aliphatic carbocycles. The molecule has 0 N–H and O–H groups in total. The molecule has 8 heteroatoms. The Hall–Kier alpha value is -2.51. The fourth-order valence-corrected chi connectivity index (χ4v) is 2.77. The minimum Gasteiger partial charge on any atom is -0.244 e. The fourth-order valence-electron chi connectivity index (χ4n) is 2.77. The molecule has 1 radical (unpaired) electrons. The van der Waals surface area contributed by atoms with Crippen molar-refractivity contribution in [2.24, 2.45) is 5.92 Å². The SMILES string of the molecule is Fc1n[c]ccc1-c1ccc2c(nnn2CC2CC2)c1C(F)(F)F. The molecule has 0 aliphatic heterocycles. The van der Waals surface area contributed by atoms with Crippen molar-refractivity contribution in [3.05, 3.63) is 42.0 Å². The largest absolute Gasteiger partial charge is 0.419 e. The third-order valence-corrected chi connectivity index (χ3v) is 4.10. The van der Waals surface area contributed by atoms with E-state index >= 15 is 0 Å². The second-order valence-corrected chi connectivity index (χ2v) is 5.85. The topological polar surface area (TPSA) is 43.6 Å². The van der Waals surface area contributed by atoms with Crippen LogP contribution >= 0.6 is 0 Å². The van der Waals surface area contributed by atoms with E-state index in [0.717, 1.165) is 12.8 Å². The van der Waals surface area contributed by atoms with Crippen molar-refractivity contribution in [2.45, 2.75) is 25.6 Å². The van der Waals surface area contributed by atoms with Gasteiger partial charge in [0.25, 0.3) is 0 Å². The van der Waals surface area contributed by atoms with Crippen LogP contribution in [0.5, 0.6) is 0 Å². The molecule has 1 aromatic carbocycles. The summed E-state index contributed by atoms with van der Waals surface area (Å²) in [6.45, 7) is 0.545. The summed E-state index contributed by atoms with van der Waals surface area (Å²) in [7, 11) is 0. The van der Waals surface area contributed by atoms with Crippen LogP contribution in [0.3, 0.4) is 0 Å². The van der Waals surface area contributed by atoms with Crippen molar-refractivity contribution < 1.29 is 17.6 Å². The molecular formula is C16H11F4N4. The predicted molar refractivity (Wildman–Crippen MR) is 77.3 cm³/mol. The molecule has 0 atom stereocenters. The molecule has 0 unspecified atom stereocenters. The molecule has 0 amide bonds. The van der Waals surface area contributed by atoms with Gasteiger partial charge in [0.05, 0.1) is 17.3 Å². The highest BCUT2D eigenvalue weighted by atomic mass is 19.4. The van der Waals surface area contributed by atoms with Gasteiger partial charge >= 0.3 is 6.18 Å².